The standard InChI is InChI=1S/C17H15N3O2S/c1-11-8-9-14-13(10-11)17(15(21)19(14)2)18-16(23)20(22-17)12-6-4-3-5-7-12/h3-10H,1-2H3,(H,18,23). The van der Waals surface area contributed by atoms with Crippen LogP contribution in [0.2, 0.25) is 0 Å². The van der Waals surface area contributed by atoms with Crippen LogP contribution in [0.25, 0.3) is 0 Å². The third-order valence-corrected chi connectivity index (χ3v) is 4.45. The number of benzene rings is 2. The van der Waals surface area contributed by atoms with E-state index in [0.29, 0.717) is 5.11 Å². The average Bonchev–Trinajstić information content (AvgIpc) is 3.01. The fourth-order valence-corrected chi connectivity index (χ4v) is 3.32. The molecule has 1 fully saturated rings. The van der Waals surface area contributed by atoms with Gasteiger partial charge in [-0.2, -0.15) is 5.06 Å². The summed E-state index contributed by atoms with van der Waals surface area (Å²) in [6.07, 6.45) is 0. The molecule has 1 amide bonds. The highest BCUT2D eigenvalue weighted by Crippen LogP contribution is 2.44. The van der Waals surface area contributed by atoms with Gasteiger partial charge < -0.3 is 10.2 Å². The fourth-order valence-electron chi connectivity index (χ4n) is 3.03. The van der Waals surface area contributed by atoms with Gasteiger partial charge in [-0.1, -0.05) is 29.8 Å². The van der Waals surface area contributed by atoms with Crippen molar-refractivity contribution in [2.45, 2.75) is 12.6 Å². The Bertz CT molecular complexity index is 824. The van der Waals surface area contributed by atoms with Gasteiger partial charge in [-0.25, -0.2) is 4.84 Å². The predicted molar refractivity (Wildman–Crippen MR) is 92.0 cm³/mol. The molecule has 2 aliphatic heterocycles. The van der Waals surface area contributed by atoms with Crippen LogP contribution < -0.4 is 15.3 Å². The van der Waals surface area contributed by atoms with E-state index in [9.17, 15) is 4.79 Å². The molecular weight excluding hydrogens is 310 g/mol. The first-order valence-corrected chi connectivity index (χ1v) is 7.69. The van der Waals surface area contributed by atoms with Crippen molar-refractivity contribution in [1.82, 2.24) is 5.32 Å². The number of rotatable bonds is 1. The van der Waals surface area contributed by atoms with E-state index in [2.05, 4.69) is 5.32 Å². The Hall–Kier alpha value is -2.44. The molecule has 2 aromatic rings. The first-order chi connectivity index (χ1) is 11.0. The minimum Gasteiger partial charge on any atom is -0.319 e. The van der Waals surface area contributed by atoms with Crippen molar-refractivity contribution in [1.29, 1.82) is 0 Å². The zero-order valence-corrected chi connectivity index (χ0v) is 13.6. The average molecular weight is 325 g/mol. The number of carbonyl (C=O) groups excluding carboxylic acids is 1. The number of aryl methyl sites for hydroxylation is 1. The van der Waals surface area contributed by atoms with Crippen molar-refractivity contribution in [3.05, 3.63) is 59.7 Å². The number of para-hydroxylation sites is 1. The van der Waals surface area contributed by atoms with Crippen molar-refractivity contribution in [3.63, 3.8) is 0 Å². The van der Waals surface area contributed by atoms with Crippen LogP contribution in [0.15, 0.2) is 48.5 Å². The third kappa shape index (κ3) is 1.89. The van der Waals surface area contributed by atoms with Crippen LogP contribution >= 0.6 is 12.2 Å². The lowest BCUT2D eigenvalue weighted by Gasteiger charge is -2.22. The molecule has 1 atom stereocenters. The first-order valence-electron chi connectivity index (χ1n) is 7.29. The van der Waals surface area contributed by atoms with Gasteiger partial charge in [0, 0.05) is 12.6 Å². The summed E-state index contributed by atoms with van der Waals surface area (Å²) in [5.74, 6) is -0.182. The number of nitrogens with one attached hydrogen (secondary N) is 1. The number of anilines is 2. The Labute approximate surface area is 139 Å². The highest BCUT2D eigenvalue weighted by Gasteiger charge is 2.58. The number of nitrogens with zero attached hydrogens (tertiary/aromatic N) is 2. The minimum atomic E-state index is -1.29. The number of hydroxylamine groups is 1. The van der Waals surface area contributed by atoms with E-state index in [0.717, 1.165) is 22.5 Å². The number of fused-ring (bicyclic) bond motifs is 2. The molecule has 1 N–H and O–H groups in total. The molecular formula is C17H15N3O2S. The van der Waals surface area contributed by atoms with Crippen LogP contribution in [0, 0.1) is 6.92 Å². The summed E-state index contributed by atoms with van der Waals surface area (Å²) in [4.78, 5) is 20.5. The molecule has 116 valence electrons. The third-order valence-electron chi connectivity index (χ3n) is 4.18. The maximum absolute atomic E-state index is 12.9. The molecule has 0 aliphatic carbocycles. The van der Waals surface area contributed by atoms with Gasteiger partial charge in [0.1, 0.15) is 0 Å². The molecule has 2 aliphatic rings. The molecule has 0 saturated carbocycles. The van der Waals surface area contributed by atoms with Gasteiger partial charge in [0.2, 0.25) is 5.11 Å². The van der Waals surface area contributed by atoms with Crippen LogP contribution in [-0.4, -0.2) is 18.1 Å². The molecule has 1 unspecified atom stereocenters. The Morgan fingerprint density at radius 3 is 2.65 bits per heavy atom. The van der Waals surface area contributed by atoms with Crippen LogP contribution in [0.1, 0.15) is 11.1 Å². The molecule has 0 aromatic heterocycles. The Balaban J connectivity index is 1.83. The minimum absolute atomic E-state index is 0.182. The number of carbonyl (C=O) groups is 1. The monoisotopic (exact) mass is 325 g/mol. The zero-order chi connectivity index (χ0) is 16.2. The van der Waals surface area contributed by atoms with Crippen LogP contribution in [0.5, 0.6) is 0 Å². The number of hydrogen-bond donors (Lipinski definition) is 1. The molecule has 23 heavy (non-hydrogen) atoms. The summed E-state index contributed by atoms with van der Waals surface area (Å²) < 4.78 is 0. The van der Waals surface area contributed by atoms with Gasteiger partial charge in [-0.05, 0) is 43.4 Å². The van der Waals surface area contributed by atoms with E-state index in [1.54, 1.807) is 11.9 Å². The summed E-state index contributed by atoms with van der Waals surface area (Å²) in [5.41, 5.74) is 2.15. The Morgan fingerprint density at radius 2 is 1.91 bits per heavy atom. The highest BCUT2D eigenvalue weighted by atomic mass is 32.1. The Morgan fingerprint density at radius 1 is 1.17 bits per heavy atom. The SMILES string of the molecule is Cc1ccc2c(c1)C1(NC(=S)N(c3ccccc3)O1)C(=O)N2C. The van der Waals surface area contributed by atoms with Gasteiger partial charge >= 0.3 is 0 Å². The molecule has 2 heterocycles. The maximum atomic E-state index is 12.9. The van der Waals surface area contributed by atoms with Crippen molar-refractivity contribution < 1.29 is 9.63 Å². The van der Waals surface area contributed by atoms with Gasteiger partial charge in [0.05, 0.1) is 11.4 Å². The topological polar surface area (TPSA) is 44.8 Å². The summed E-state index contributed by atoms with van der Waals surface area (Å²) in [6.45, 7) is 1.99. The molecule has 2 aromatic carbocycles. The maximum Gasteiger partial charge on any atom is 0.287 e. The largest absolute Gasteiger partial charge is 0.319 e. The number of thiocarbonyl (C=S) groups is 1. The van der Waals surface area contributed by atoms with E-state index in [4.69, 9.17) is 17.1 Å². The number of amides is 1. The van der Waals surface area contributed by atoms with E-state index >= 15 is 0 Å². The summed E-state index contributed by atoms with van der Waals surface area (Å²) >= 11 is 5.40. The lowest BCUT2D eigenvalue weighted by molar-refractivity contribution is -0.141. The van der Waals surface area contributed by atoms with E-state index in [-0.39, 0.29) is 5.91 Å². The molecule has 0 bridgehead atoms. The van der Waals surface area contributed by atoms with Crippen molar-refractivity contribution in [2.24, 2.45) is 0 Å². The number of hydrogen-bond acceptors (Lipinski definition) is 3. The van der Waals surface area contributed by atoms with Crippen LogP contribution in [0.3, 0.4) is 0 Å². The summed E-state index contributed by atoms with van der Waals surface area (Å²) in [7, 11) is 1.74. The van der Waals surface area contributed by atoms with Gasteiger partial charge in [0.25, 0.3) is 11.6 Å². The second-order valence-electron chi connectivity index (χ2n) is 5.72. The van der Waals surface area contributed by atoms with Crippen molar-refractivity contribution in [3.8, 4) is 0 Å². The molecule has 6 heteroatoms. The fraction of sp³-hybridized carbons (Fsp3) is 0.176. The summed E-state index contributed by atoms with van der Waals surface area (Å²) in [6, 6.07) is 15.3. The molecule has 1 spiro atoms. The summed E-state index contributed by atoms with van der Waals surface area (Å²) in [5, 5.41) is 4.95. The van der Waals surface area contributed by atoms with Crippen LogP contribution in [-0.2, 0) is 15.4 Å². The second kappa shape index (κ2) is 4.78. The number of likely N-dealkylation sites (N-methyl/N-ethyl adjacent to an activating group) is 1. The van der Waals surface area contributed by atoms with Gasteiger partial charge in [0.15, 0.2) is 0 Å². The smallest absolute Gasteiger partial charge is 0.287 e. The predicted octanol–water partition coefficient (Wildman–Crippen LogP) is 2.45. The van der Waals surface area contributed by atoms with E-state index in [1.165, 1.54) is 5.06 Å². The molecule has 4 rings (SSSR count). The lowest BCUT2D eigenvalue weighted by Crippen LogP contribution is -2.47. The van der Waals surface area contributed by atoms with Crippen molar-refractivity contribution in [2.75, 3.05) is 17.0 Å². The highest BCUT2D eigenvalue weighted by molar-refractivity contribution is 7.80. The van der Waals surface area contributed by atoms with Crippen molar-refractivity contribution >= 4 is 34.6 Å². The Kier molecular flexibility index (Phi) is 2.94. The van der Waals surface area contributed by atoms with E-state index in [1.807, 2.05) is 55.5 Å². The van der Waals surface area contributed by atoms with Gasteiger partial charge in [-0.3, -0.25) is 4.79 Å². The van der Waals surface area contributed by atoms with Crippen LogP contribution in [0.4, 0.5) is 11.4 Å². The van der Waals surface area contributed by atoms with E-state index < -0.39 is 5.72 Å². The van der Waals surface area contributed by atoms with Gasteiger partial charge in [-0.15, -0.1) is 0 Å². The first kappa shape index (κ1) is 14.2. The second-order valence-corrected chi connectivity index (χ2v) is 6.10. The molecule has 5 nitrogen and oxygen atoms in total. The molecule has 0 radical (unpaired) electrons. The molecule has 1 saturated heterocycles. The normalized spacial score (nSPS) is 22.7. The lowest BCUT2D eigenvalue weighted by atomic mass is 10.0. The quantitative estimate of drug-likeness (QED) is 0.816. The zero-order valence-electron chi connectivity index (χ0n) is 12.7.